The van der Waals surface area contributed by atoms with E-state index in [1.165, 1.54) is 11.3 Å². The first-order valence-corrected chi connectivity index (χ1v) is 8.91. The molecule has 0 radical (unpaired) electrons. The summed E-state index contributed by atoms with van der Waals surface area (Å²) in [6, 6.07) is 7.26. The lowest BCUT2D eigenvalue weighted by atomic mass is 10.2. The van der Waals surface area contributed by atoms with E-state index in [2.05, 4.69) is 10.3 Å². The number of ether oxygens (including phenoxy) is 2. The van der Waals surface area contributed by atoms with Crippen LogP contribution >= 0.6 is 22.7 Å². The molecule has 3 rings (SSSR count). The molecule has 3 aromatic rings. The van der Waals surface area contributed by atoms with Gasteiger partial charge >= 0.3 is 0 Å². The van der Waals surface area contributed by atoms with Gasteiger partial charge in [0, 0.05) is 17.0 Å². The van der Waals surface area contributed by atoms with E-state index in [4.69, 9.17) is 9.47 Å². The normalized spacial score (nSPS) is 10.5. The molecule has 0 aliphatic rings. The lowest BCUT2D eigenvalue weighted by molar-refractivity contribution is 0.102. The van der Waals surface area contributed by atoms with Crippen LogP contribution in [0.1, 0.15) is 15.4 Å². The van der Waals surface area contributed by atoms with Gasteiger partial charge in [0.15, 0.2) is 0 Å². The molecule has 1 amide bonds. The summed E-state index contributed by atoms with van der Waals surface area (Å²) in [5.41, 5.74) is 2.30. The van der Waals surface area contributed by atoms with Crippen molar-refractivity contribution in [3.63, 3.8) is 0 Å². The number of anilines is 1. The predicted octanol–water partition coefficient (Wildman–Crippen LogP) is 4.45. The van der Waals surface area contributed by atoms with Crippen LogP contribution < -0.4 is 14.8 Å². The highest BCUT2D eigenvalue weighted by Crippen LogP contribution is 2.32. The zero-order valence-corrected chi connectivity index (χ0v) is 15.1. The fraction of sp³-hybridized carbons (Fsp3) is 0.176. The third kappa shape index (κ3) is 3.27. The zero-order chi connectivity index (χ0) is 17.1. The van der Waals surface area contributed by atoms with Crippen LogP contribution in [-0.4, -0.2) is 25.1 Å². The number of thiazole rings is 1. The number of rotatable bonds is 5. The lowest BCUT2D eigenvalue weighted by Crippen LogP contribution is -2.12. The summed E-state index contributed by atoms with van der Waals surface area (Å²) < 4.78 is 10.5. The maximum absolute atomic E-state index is 12.7. The van der Waals surface area contributed by atoms with Crippen LogP contribution in [0.2, 0.25) is 0 Å². The quantitative estimate of drug-likeness (QED) is 0.730. The number of benzene rings is 1. The largest absolute Gasteiger partial charge is 0.497 e. The maximum Gasteiger partial charge on any atom is 0.267 e. The Morgan fingerprint density at radius 1 is 1.21 bits per heavy atom. The molecule has 0 fully saturated rings. The molecule has 0 spiro atoms. The number of thiophene rings is 1. The number of nitrogens with one attached hydrogen (secondary N) is 1. The Balaban J connectivity index is 1.88. The molecule has 0 atom stereocenters. The number of nitrogens with zero attached hydrogens (tertiary/aromatic N) is 1. The minimum absolute atomic E-state index is 0.210. The van der Waals surface area contributed by atoms with Gasteiger partial charge in [0.2, 0.25) is 0 Å². The van der Waals surface area contributed by atoms with Crippen molar-refractivity contribution in [2.45, 2.75) is 6.92 Å². The fourth-order valence-electron chi connectivity index (χ4n) is 2.21. The summed E-state index contributed by atoms with van der Waals surface area (Å²) in [7, 11) is 3.14. The average Bonchev–Trinajstić information content (AvgIpc) is 3.24. The van der Waals surface area contributed by atoms with Crippen LogP contribution in [0.4, 0.5) is 5.69 Å². The van der Waals surface area contributed by atoms with E-state index in [0.717, 1.165) is 10.6 Å². The summed E-state index contributed by atoms with van der Waals surface area (Å²) in [6.45, 7) is 1.84. The maximum atomic E-state index is 12.7. The molecule has 0 bridgehead atoms. The molecular formula is C17H16N2O3S2. The number of hydrogen-bond donors (Lipinski definition) is 1. The van der Waals surface area contributed by atoms with Gasteiger partial charge in [0.05, 0.1) is 25.6 Å². The number of carbonyl (C=O) groups is 1. The summed E-state index contributed by atoms with van der Waals surface area (Å²) in [6.07, 6.45) is 0. The van der Waals surface area contributed by atoms with E-state index < -0.39 is 0 Å². The van der Waals surface area contributed by atoms with Crippen LogP contribution in [0, 0.1) is 6.92 Å². The predicted molar refractivity (Wildman–Crippen MR) is 97.7 cm³/mol. The molecule has 0 unspecified atom stereocenters. The molecule has 24 heavy (non-hydrogen) atoms. The fourth-order valence-corrected chi connectivity index (χ4v) is 3.88. The Bertz CT molecular complexity index is 857. The second-order valence-corrected chi connectivity index (χ2v) is 6.75. The van der Waals surface area contributed by atoms with Crippen LogP contribution in [-0.2, 0) is 0 Å². The highest BCUT2D eigenvalue weighted by molar-refractivity contribution is 7.17. The van der Waals surface area contributed by atoms with Crippen molar-refractivity contribution in [3.8, 4) is 22.1 Å². The molecule has 2 heterocycles. The average molecular weight is 360 g/mol. The van der Waals surface area contributed by atoms with Crippen molar-refractivity contribution in [3.05, 3.63) is 45.6 Å². The van der Waals surface area contributed by atoms with Gasteiger partial charge in [-0.05, 0) is 30.5 Å². The van der Waals surface area contributed by atoms with Gasteiger partial charge in [-0.3, -0.25) is 4.79 Å². The Morgan fingerprint density at radius 2 is 2.04 bits per heavy atom. The standard InChI is InChI=1S/C17H16N2O3S2/c1-10-15(24-17(18-10)11-6-7-23-9-11)16(20)19-13-8-12(21-2)4-5-14(13)22-3/h4-9H,1-3H3,(H,19,20). The van der Waals surface area contributed by atoms with Crippen molar-refractivity contribution in [1.82, 2.24) is 4.98 Å². The van der Waals surface area contributed by atoms with E-state index in [-0.39, 0.29) is 5.91 Å². The summed E-state index contributed by atoms with van der Waals surface area (Å²) in [5.74, 6) is 1.01. The molecule has 1 aromatic carbocycles. The molecule has 124 valence electrons. The molecule has 0 aliphatic heterocycles. The smallest absolute Gasteiger partial charge is 0.267 e. The summed E-state index contributed by atoms with van der Waals surface area (Å²) in [5, 5.41) is 7.74. The van der Waals surface area contributed by atoms with Crippen LogP contribution in [0.3, 0.4) is 0 Å². The summed E-state index contributed by atoms with van der Waals surface area (Å²) in [4.78, 5) is 17.7. The number of aromatic nitrogens is 1. The topological polar surface area (TPSA) is 60.5 Å². The second kappa shape index (κ2) is 7.02. The van der Waals surface area contributed by atoms with E-state index in [1.807, 2.05) is 23.8 Å². The van der Waals surface area contributed by atoms with Gasteiger partial charge in [0.1, 0.15) is 21.4 Å². The number of methoxy groups -OCH3 is 2. The first-order chi connectivity index (χ1) is 11.6. The minimum atomic E-state index is -0.210. The highest BCUT2D eigenvalue weighted by Gasteiger charge is 2.18. The third-order valence-electron chi connectivity index (χ3n) is 3.43. The van der Waals surface area contributed by atoms with Crippen molar-refractivity contribution in [2.75, 3.05) is 19.5 Å². The lowest BCUT2D eigenvalue weighted by Gasteiger charge is -2.11. The first-order valence-electron chi connectivity index (χ1n) is 7.15. The number of amides is 1. The first kappa shape index (κ1) is 16.5. The number of hydrogen-bond acceptors (Lipinski definition) is 6. The van der Waals surface area contributed by atoms with Crippen molar-refractivity contribution < 1.29 is 14.3 Å². The van der Waals surface area contributed by atoms with E-state index in [9.17, 15) is 4.79 Å². The van der Waals surface area contributed by atoms with Gasteiger partial charge in [-0.2, -0.15) is 11.3 Å². The molecule has 0 saturated heterocycles. The minimum Gasteiger partial charge on any atom is -0.497 e. The van der Waals surface area contributed by atoms with E-state index >= 15 is 0 Å². The van der Waals surface area contributed by atoms with Crippen molar-refractivity contribution >= 4 is 34.3 Å². The van der Waals surface area contributed by atoms with Crippen LogP contribution in [0.5, 0.6) is 11.5 Å². The molecule has 1 N–H and O–H groups in total. The Morgan fingerprint density at radius 3 is 2.71 bits per heavy atom. The van der Waals surface area contributed by atoms with Crippen LogP contribution in [0.25, 0.3) is 10.6 Å². The van der Waals surface area contributed by atoms with E-state index in [0.29, 0.717) is 27.8 Å². The molecule has 7 heteroatoms. The Labute approximate surface area is 147 Å². The van der Waals surface area contributed by atoms with Gasteiger partial charge < -0.3 is 14.8 Å². The number of aryl methyl sites for hydroxylation is 1. The van der Waals surface area contributed by atoms with E-state index in [1.54, 1.807) is 43.8 Å². The summed E-state index contributed by atoms with van der Waals surface area (Å²) >= 11 is 2.98. The Kier molecular flexibility index (Phi) is 4.82. The second-order valence-electron chi connectivity index (χ2n) is 4.97. The molecule has 5 nitrogen and oxygen atoms in total. The third-order valence-corrected chi connectivity index (χ3v) is 5.31. The number of carbonyl (C=O) groups excluding carboxylic acids is 1. The monoisotopic (exact) mass is 360 g/mol. The highest BCUT2D eigenvalue weighted by atomic mass is 32.1. The van der Waals surface area contributed by atoms with Crippen LogP contribution in [0.15, 0.2) is 35.0 Å². The van der Waals surface area contributed by atoms with Crippen molar-refractivity contribution in [2.24, 2.45) is 0 Å². The molecular weight excluding hydrogens is 344 g/mol. The Hall–Kier alpha value is -2.38. The van der Waals surface area contributed by atoms with Gasteiger partial charge in [-0.25, -0.2) is 4.98 Å². The zero-order valence-electron chi connectivity index (χ0n) is 13.5. The van der Waals surface area contributed by atoms with Gasteiger partial charge in [0.25, 0.3) is 5.91 Å². The molecule has 0 aliphatic carbocycles. The van der Waals surface area contributed by atoms with Gasteiger partial charge in [-0.1, -0.05) is 0 Å². The molecule has 2 aromatic heterocycles. The van der Waals surface area contributed by atoms with Crippen molar-refractivity contribution in [1.29, 1.82) is 0 Å². The van der Waals surface area contributed by atoms with Gasteiger partial charge in [-0.15, -0.1) is 11.3 Å². The SMILES string of the molecule is COc1ccc(OC)c(NC(=O)c2sc(-c3ccsc3)nc2C)c1. The molecule has 0 saturated carbocycles.